The SMILES string of the molecule is O=C1CCC(N2C(=O)c3cccc(N4CCC(CCCN5CCC(c6ccc7c(c6)-n6c(nc(=O)c8c(Cl)cccc86)C76CCCCC6)CC5)CC4)c3C2=O)C(=O)N1. The third-order valence-electron chi connectivity index (χ3n) is 14.3. The molecule has 5 aliphatic heterocycles. The molecular weight excluding hydrogens is 752 g/mol. The van der Waals surface area contributed by atoms with Gasteiger partial charge in [0.05, 0.1) is 43.8 Å². The maximum Gasteiger partial charge on any atom is 0.282 e. The first-order valence-electron chi connectivity index (χ1n) is 21.4. The maximum absolute atomic E-state index is 13.7. The molecule has 4 amide bonds. The number of nitrogens with one attached hydrogen (secondary N) is 1. The molecule has 300 valence electrons. The summed E-state index contributed by atoms with van der Waals surface area (Å²) in [6.45, 7) is 4.88. The van der Waals surface area contributed by atoms with E-state index in [-0.39, 0.29) is 29.7 Å². The monoisotopic (exact) mass is 800 g/mol. The van der Waals surface area contributed by atoms with Gasteiger partial charge in [-0.25, -0.2) is 0 Å². The van der Waals surface area contributed by atoms with Gasteiger partial charge in [-0.05, 0) is 131 Å². The van der Waals surface area contributed by atoms with Crippen LogP contribution in [0.4, 0.5) is 5.69 Å². The summed E-state index contributed by atoms with van der Waals surface area (Å²) in [5.74, 6) is 0.118. The summed E-state index contributed by atoms with van der Waals surface area (Å²) in [6, 6.07) is 17.3. The number of carbonyl (C=O) groups excluding carboxylic acids is 4. The molecule has 11 nitrogen and oxygen atoms in total. The van der Waals surface area contributed by atoms with Crippen LogP contribution in [0.2, 0.25) is 5.02 Å². The lowest BCUT2D eigenvalue weighted by molar-refractivity contribution is -0.136. The molecule has 4 aromatic rings. The summed E-state index contributed by atoms with van der Waals surface area (Å²) < 4.78 is 2.26. The number of imide groups is 2. The minimum atomic E-state index is -0.964. The van der Waals surface area contributed by atoms with Gasteiger partial charge in [0, 0.05) is 19.5 Å². The van der Waals surface area contributed by atoms with Crippen molar-refractivity contribution >= 4 is 51.8 Å². The molecule has 12 heteroatoms. The Bertz CT molecular complexity index is 2420. The van der Waals surface area contributed by atoms with Gasteiger partial charge in [-0.2, -0.15) is 4.98 Å². The Labute approximate surface area is 342 Å². The van der Waals surface area contributed by atoms with Gasteiger partial charge in [0.1, 0.15) is 11.9 Å². The Morgan fingerprint density at radius 1 is 0.810 bits per heavy atom. The largest absolute Gasteiger partial charge is 0.371 e. The Morgan fingerprint density at radius 3 is 2.36 bits per heavy atom. The fourth-order valence-corrected chi connectivity index (χ4v) is 11.5. The van der Waals surface area contributed by atoms with E-state index < -0.39 is 23.8 Å². The molecule has 6 heterocycles. The van der Waals surface area contributed by atoms with Crippen molar-refractivity contribution in [3.63, 3.8) is 0 Å². The lowest BCUT2D eigenvalue weighted by Crippen LogP contribution is -2.54. The van der Waals surface area contributed by atoms with Crippen LogP contribution in [-0.4, -0.2) is 81.7 Å². The highest BCUT2D eigenvalue weighted by Crippen LogP contribution is 2.52. The molecule has 1 spiro atoms. The normalized spacial score (nSPS) is 22.5. The van der Waals surface area contributed by atoms with Crippen molar-refractivity contribution < 1.29 is 19.2 Å². The lowest BCUT2D eigenvalue weighted by atomic mass is 9.69. The van der Waals surface area contributed by atoms with Crippen molar-refractivity contribution in [2.24, 2.45) is 5.92 Å². The molecule has 1 aromatic heterocycles. The highest BCUT2D eigenvalue weighted by atomic mass is 35.5. The first-order valence-corrected chi connectivity index (χ1v) is 21.8. The molecule has 3 saturated heterocycles. The predicted molar refractivity (Wildman–Crippen MR) is 222 cm³/mol. The molecule has 1 unspecified atom stereocenters. The zero-order chi connectivity index (χ0) is 39.7. The standard InChI is InChI=1S/C46H49ClN6O5/c47-33-9-5-11-35-40(33)42(56)49-45-46(20-2-1-3-21-46)32-13-12-30(27-37(32)52(35)45)29-18-23-50(24-19-29)22-6-7-28-16-25-51(26-17-28)34-10-4-8-31-39(34)44(58)53(43(31)57)36-14-15-38(54)48-41(36)55/h4-5,8-13,27-29,36H,1-3,6-7,14-26H2,(H,48,54,55). The van der Waals surface area contributed by atoms with Crippen molar-refractivity contribution in [1.29, 1.82) is 0 Å². The molecular formula is C46H49ClN6O5. The molecule has 1 atom stereocenters. The summed E-state index contributed by atoms with van der Waals surface area (Å²) in [5.41, 5.74) is 5.75. The molecule has 0 radical (unpaired) electrons. The molecule has 4 fully saturated rings. The maximum atomic E-state index is 13.7. The fourth-order valence-electron chi connectivity index (χ4n) is 11.3. The van der Waals surface area contributed by atoms with Crippen LogP contribution in [0.15, 0.2) is 59.4 Å². The minimum Gasteiger partial charge on any atom is -0.371 e. The van der Waals surface area contributed by atoms with Gasteiger partial charge >= 0.3 is 0 Å². The van der Waals surface area contributed by atoms with Crippen LogP contribution in [0.5, 0.6) is 0 Å². The molecule has 3 aromatic carbocycles. The number of carbonyl (C=O) groups is 4. The number of hydrogen-bond donors (Lipinski definition) is 1. The number of fused-ring (bicyclic) bond motifs is 8. The van der Waals surface area contributed by atoms with E-state index in [4.69, 9.17) is 16.6 Å². The third-order valence-corrected chi connectivity index (χ3v) is 14.6. The number of hydrogen-bond acceptors (Lipinski definition) is 8. The summed E-state index contributed by atoms with van der Waals surface area (Å²) in [4.78, 5) is 75.4. The van der Waals surface area contributed by atoms with E-state index in [1.807, 2.05) is 24.3 Å². The van der Waals surface area contributed by atoms with Gasteiger partial charge in [0.2, 0.25) is 11.8 Å². The van der Waals surface area contributed by atoms with Crippen LogP contribution in [-0.2, 0) is 15.0 Å². The number of piperidine rings is 3. The fraction of sp³-hybridized carbons (Fsp3) is 0.478. The number of rotatable bonds is 7. The number of aromatic nitrogens is 2. The van der Waals surface area contributed by atoms with Gasteiger partial charge in [0.15, 0.2) is 0 Å². The quantitative estimate of drug-likeness (QED) is 0.201. The minimum absolute atomic E-state index is 0.104. The van der Waals surface area contributed by atoms with Gasteiger partial charge in [-0.3, -0.25) is 38.8 Å². The van der Waals surface area contributed by atoms with Crippen LogP contribution >= 0.6 is 11.6 Å². The van der Waals surface area contributed by atoms with Gasteiger partial charge in [-0.15, -0.1) is 0 Å². The molecule has 10 rings (SSSR count). The Morgan fingerprint density at radius 2 is 1.59 bits per heavy atom. The van der Waals surface area contributed by atoms with Crippen molar-refractivity contribution in [1.82, 2.24) is 24.7 Å². The summed E-state index contributed by atoms with van der Waals surface area (Å²) in [5, 5.41) is 3.24. The summed E-state index contributed by atoms with van der Waals surface area (Å²) in [6.07, 6.45) is 12.4. The summed E-state index contributed by atoms with van der Waals surface area (Å²) in [7, 11) is 0. The van der Waals surface area contributed by atoms with E-state index in [1.165, 1.54) is 29.7 Å². The first kappa shape index (κ1) is 37.4. The number of halogens is 1. The number of amides is 4. The Hall–Kier alpha value is -4.87. The zero-order valence-electron chi connectivity index (χ0n) is 32.8. The van der Waals surface area contributed by atoms with Crippen LogP contribution in [0.3, 0.4) is 0 Å². The molecule has 1 saturated carbocycles. The number of likely N-dealkylation sites (tertiary alicyclic amines) is 1. The van der Waals surface area contributed by atoms with Gasteiger partial charge < -0.3 is 9.80 Å². The van der Waals surface area contributed by atoms with Crippen molar-refractivity contribution in [2.75, 3.05) is 37.6 Å². The topological polar surface area (TPSA) is 125 Å². The number of nitrogens with zero attached hydrogens (tertiary/aromatic N) is 5. The van der Waals surface area contributed by atoms with E-state index in [2.05, 4.69) is 37.9 Å². The second-order valence-electron chi connectivity index (χ2n) is 17.5. The molecule has 0 bridgehead atoms. The molecule has 1 N–H and O–H groups in total. The predicted octanol–water partition coefficient (Wildman–Crippen LogP) is 6.88. The number of benzene rings is 3. The van der Waals surface area contributed by atoms with Crippen LogP contribution in [0.25, 0.3) is 16.6 Å². The highest BCUT2D eigenvalue weighted by molar-refractivity contribution is 6.35. The van der Waals surface area contributed by atoms with E-state index in [0.29, 0.717) is 33.4 Å². The van der Waals surface area contributed by atoms with E-state index >= 15 is 0 Å². The van der Waals surface area contributed by atoms with Gasteiger partial charge in [-0.1, -0.05) is 55.1 Å². The summed E-state index contributed by atoms with van der Waals surface area (Å²) >= 11 is 6.60. The average molecular weight is 801 g/mol. The molecule has 58 heavy (non-hydrogen) atoms. The Kier molecular flexibility index (Phi) is 9.51. The second kappa shape index (κ2) is 14.7. The van der Waals surface area contributed by atoms with Crippen LogP contribution < -0.4 is 15.8 Å². The smallest absolute Gasteiger partial charge is 0.282 e. The van der Waals surface area contributed by atoms with E-state index in [1.54, 1.807) is 12.1 Å². The highest BCUT2D eigenvalue weighted by Gasteiger charge is 2.48. The zero-order valence-corrected chi connectivity index (χ0v) is 33.6. The van der Waals surface area contributed by atoms with Crippen LogP contribution in [0, 0.1) is 5.92 Å². The van der Waals surface area contributed by atoms with Crippen molar-refractivity contribution in [3.05, 3.63) is 98.1 Å². The lowest BCUT2D eigenvalue weighted by Gasteiger charge is -2.36. The van der Waals surface area contributed by atoms with Crippen molar-refractivity contribution in [3.8, 4) is 5.69 Å². The van der Waals surface area contributed by atoms with Gasteiger partial charge in [0.25, 0.3) is 17.4 Å². The first-order chi connectivity index (χ1) is 28.2. The molecule has 6 aliphatic rings. The van der Waals surface area contributed by atoms with E-state index in [9.17, 15) is 24.0 Å². The third kappa shape index (κ3) is 6.10. The van der Waals surface area contributed by atoms with Crippen LogP contribution in [0.1, 0.15) is 127 Å². The number of anilines is 1. The average Bonchev–Trinajstić information content (AvgIpc) is 3.64. The van der Waals surface area contributed by atoms with E-state index in [0.717, 1.165) is 112 Å². The molecule has 1 aliphatic carbocycles. The van der Waals surface area contributed by atoms with Crippen molar-refractivity contribution in [2.45, 2.75) is 101 Å². The second-order valence-corrected chi connectivity index (χ2v) is 17.9. The Balaban J connectivity index is 0.753.